The van der Waals surface area contributed by atoms with Crippen LogP contribution in [0, 0.1) is 0 Å². The van der Waals surface area contributed by atoms with Crippen molar-refractivity contribution in [2.45, 2.75) is 32.5 Å². The van der Waals surface area contributed by atoms with Gasteiger partial charge in [-0.1, -0.05) is 6.92 Å². The fourth-order valence-electron chi connectivity index (χ4n) is 2.30. The lowest BCUT2D eigenvalue weighted by Gasteiger charge is -2.24. The van der Waals surface area contributed by atoms with Gasteiger partial charge in [0, 0.05) is 24.8 Å². The van der Waals surface area contributed by atoms with Gasteiger partial charge in [-0.25, -0.2) is 4.39 Å². The number of carbonyl (C=O) groups is 1. The Balaban J connectivity index is 1.98. The van der Waals surface area contributed by atoms with Crippen molar-refractivity contribution in [2.75, 3.05) is 19.8 Å². The summed E-state index contributed by atoms with van der Waals surface area (Å²) in [5.41, 5.74) is 1.02. The van der Waals surface area contributed by atoms with E-state index in [0.29, 0.717) is 6.54 Å². The zero-order valence-electron chi connectivity index (χ0n) is 10.6. The Morgan fingerprint density at radius 1 is 1.67 bits per heavy atom. The van der Waals surface area contributed by atoms with Crippen LogP contribution >= 0.6 is 0 Å². The molecule has 2 rings (SSSR count). The predicted molar refractivity (Wildman–Crippen MR) is 65.7 cm³/mol. The van der Waals surface area contributed by atoms with Crippen LogP contribution in [0.3, 0.4) is 0 Å². The van der Waals surface area contributed by atoms with Gasteiger partial charge in [-0.3, -0.25) is 14.4 Å². The number of likely N-dealkylation sites (N-methyl/N-ethyl adjacent to an activating group) is 1. The third kappa shape index (κ3) is 2.87. The van der Waals surface area contributed by atoms with E-state index in [1.54, 1.807) is 10.9 Å². The van der Waals surface area contributed by atoms with Crippen molar-refractivity contribution in [3.05, 3.63) is 18.0 Å². The quantitative estimate of drug-likeness (QED) is 0.807. The maximum Gasteiger partial charge on any atom is 0.237 e. The number of hydrogen-bond acceptors (Lipinski definition) is 3. The highest BCUT2D eigenvalue weighted by Crippen LogP contribution is 2.13. The second-order valence-corrected chi connectivity index (χ2v) is 4.46. The van der Waals surface area contributed by atoms with Crippen molar-refractivity contribution >= 4 is 5.91 Å². The van der Waals surface area contributed by atoms with E-state index in [2.05, 4.69) is 15.3 Å². The third-order valence-corrected chi connectivity index (χ3v) is 3.25. The van der Waals surface area contributed by atoms with Gasteiger partial charge in [0.1, 0.15) is 6.67 Å². The van der Waals surface area contributed by atoms with Gasteiger partial charge >= 0.3 is 0 Å². The number of carbonyl (C=O) groups excluding carboxylic acids is 1. The van der Waals surface area contributed by atoms with Crippen LogP contribution in [0.4, 0.5) is 4.39 Å². The van der Waals surface area contributed by atoms with E-state index < -0.39 is 6.67 Å². The average Bonchev–Trinajstić information content (AvgIpc) is 2.96. The molecule has 1 atom stereocenters. The van der Waals surface area contributed by atoms with Gasteiger partial charge in [0.15, 0.2) is 0 Å². The highest BCUT2D eigenvalue weighted by Gasteiger charge is 2.29. The third-order valence-electron chi connectivity index (χ3n) is 3.25. The van der Waals surface area contributed by atoms with Crippen molar-refractivity contribution in [3.8, 4) is 0 Å². The topological polar surface area (TPSA) is 50.2 Å². The number of halogens is 1. The molecule has 0 aromatic carbocycles. The molecule has 1 saturated heterocycles. The van der Waals surface area contributed by atoms with Crippen LogP contribution < -0.4 is 5.32 Å². The summed E-state index contributed by atoms with van der Waals surface area (Å²) >= 11 is 0. The van der Waals surface area contributed by atoms with Crippen molar-refractivity contribution < 1.29 is 9.18 Å². The smallest absolute Gasteiger partial charge is 0.237 e. The number of aromatic nitrogens is 2. The van der Waals surface area contributed by atoms with Gasteiger partial charge in [0.25, 0.3) is 0 Å². The molecule has 18 heavy (non-hydrogen) atoms. The van der Waals surface area contributed by atoms with Crippen molar-refractivity contribution in [3.63, 3.8) is 0 Å². The van der Waals surface area contributed by atoms with Crippen molar-refractivity contribution in [1.29, 1.82) is 0 Å². The Morgan fingerprint density at radius 2 is 2.50 bits per heavy atom. The van der Waals surface area contributed by atoms with Gasteiger partial charge in [0.05, 0.1) is 18.8 Å². The zero-order valence-corrected chi connectivity index (χ0v) is 10.6. The lowest BCUT2D eigenvalue weighted by molar-refractivity contribution is -0.123. The van der Waals surface area contributed by atoms with Crippen LogP contribution in [0.1, 0.15) is 18.9 Å². The second-order valence-electron chi connectivity index (χ2n) is 4.46. The molecule has 0 aliphatic carbocycles. The summed E-state index contributed by atoms with van der Waals surface area (Å²) in [6, 6.07) is -0.0421. The molecule has 0 bridgehead atoms. The maximum atomic E-state index is 12.2. The van der Waals surface area contributed by atoms with E-state index in [-0.39, 0.29) is 18.5 Å². The predicted octanol–water partition coefficient (Wildman–Crippen LogP) is 0.563. The van der Waals surface area contributed by atoms with Crippen molar-refractivity contribution in [1.82, 2.24) is 20.0 Å². The van der Waals surface area contributed by atoms with Crippen LogP contribution in [-0.4, -0.2) is 46.4 Å². The molecular formula is C12H19FN4O. The summed E-state index contributed by atoms with van der Waals surface area (Å²) in [7, 11) is 0. The van der Waals surface area contributed by atoms with E-state index >= 15 is 0 Å². The first-order valence-corrected chi connectivity index (χ1v) is 6.33. The Hall–Kier alpha value is -1.43. The molecule has 0 saturated carbocycles. The fourth-order valence-corrected chi connectivity index (χ4v) is 2.30. The molecule has 1 aromatic heterocycles. The van der Waals surface area contributed by atoms with E-state index in [9.17, 15) is 9.18 Å². The second kappa shape index (κ2) is 5.95. The highest BCUT2D eigenvalue weighted by atomic mass is 19.1. The number of nitrogens with zero attached hydrogens (tertiary/aromatic N) is 3. The molecule has 6 heteroatoms. The fraction of sp³-hybridized carbons (Fsp3) is 0.667. The Bertz CT molecular complexity index is 407. The zero-order chi connectivity index (χ0) is 13.0. The molecule has 1 aliphatic rings. The Kier molecular flexibility index (Phi) is 4.30. The number of alkyl halides is 1. The molecule has 1 amide bonds. The van der Waals surface area contributed by atoms with Gasteiger partial charge in [-0.2, -0.15) is 5.10 Å². The summed E-state index contributed by atoms with van der Waals surface area (Å²) in [6.07, 6.45) is 4.44. The minimum atomic E-state index is -0.413. The van der Waals surface area contributed by atoms with Gasteiger partial charge in [-0.05, 0) is 13.0 Å². The first kappa shape index (κ1) is 13.0. The normalized spacial score (nSPS) is 19.5. The maximum absolute atomic E-state index is 12.2. The molecule has 0 radical (unpaired) electrons. The Morgan fingerprint density at radius 3 is 3.11 bits per heavy atom. The average molecular weight is 254 g/mol. The van der Waals surface area contributed by atoms with E-state index in [0.717, 1.165) is 25.1 Å². The summed E-state index contributed by atoms with van der Waals surface area (Å²) in [5, 5.41) is 6.93. The lowest BCUT2D eigenvalue weighted by atomic mass is 10.2. The largest absolute Gasteiger partial charge is 0.355 e. The summed E-state index contributed by atoms with van der Waals surface area (Å²) < 4.78 is 13.8. The molecule has 1 aromatic rings. The molecular weight excluding hydrogens is 235 g/mol. The minimum absolute atomic E-state index is 0.0421. The molecule has 1 fully saturated rings. The number of amides is 1. The van der Waals surface area contributed by atoms with Crippen LogP contribution in [0.15, 0.2) is 12.4 Å². The molecule has 2 heterocycles. The van der Waals surface area contributed by atoms with E-state index in [1.807, 2.05) is 13.1 Å². The van der Waals surface area contributed by atoms with Crippen LogP contribution in [0.2, 0.25) is 0 Å². The van der Waals surface area contributed by atoms with E-state index in [4.69, 9.17) is 0 Å². The molecule has 5 nitrogen and oxygen atoms in total. The summed E-state index contributed by atoms with van der Waals surface area (Å²) in [4.78, 5) is 13.8. The molecule has 1 N–H and O–H groups in total. The number of rotatable bonds is 6. The van der Waals surface area contributed by atoms with Crippen LogP contribution in [0.5, 0.6) is 0 Å². The minimum Gasteiger partial charge on any atom is -0.355 e. The summed E-state index contributed by atoms with van der Waals surface area (Å²) in [5.74, 6) is 0.105. The lowest BCUT2D eigenvalue weighted by Crippen LogP contribution is -2.39. The van der Waals surface area contributed by atoms with Crippen LogP contribution in [0.25, 0.3) is 0 Å². The van der Waals surface area contributed by atoms with Gasteiger partial charge in [0.2, 0.25) is 5.91 Å². The molecule has 0 spiro atoms. The standard InChI is InChI=1S/C12H19FN4O/c1-2-16(11-3-5-14-12(11)18)8-10-7-15-17(9-10)6-4-13/h7,9,11H,2-6,8H2,1H3,(H,14,18). The summed E-state index contributed by atoms with van der Waals surface area (Å²) in [6.45, 7) is 4.16. The Labute approximate surface area is 106 Å². The van der Waals surface area contributed by atoms with Crippen molar-refractivity contribution in [2.24, 2.45) is 0 Å². The SMILES string of the molecule is CCN(Cc1cnn(CCF)c1)C1CCNC1=O. The van der Waals surface area contributed by atoms with E-state index in [1.165, 1.54) is 0 Å². The van der Waals surface area contributed by atoms with Crippen LogP contribution in [-0.2, 0) is 17.9 Å². The first-order chi connectivity index (χ1) is 8.74. The number of nitrogens with one attached hydrogen (secondary N) is 1. The molecule has 100 valence electrons. The van der Waals surface area contributed by atoms with Gasteiger partial charge in [-0.15, -0.1) is 0 Å². The first-order valence-electron chi connectivity index (χ1n) is 6.33. The highest BCUT2D eigenvalue weighted by molar-refractivity contribution is 5.83. The monoisotopic (exact) mass is 254 g/mol. The number of hydrogen-bond donors (Lipinski definition) is 1. The van der Waals surface area contributed by atoms with Gasteiger partial charge < -0.3 is 5.32 Å². The molecule has 1 aliphatic heterocycles. The molecule has 1 unspecified atom stereocenters. The number of aryl methyl sites for hydroxylation is 1.